The zero-order valence-electron chi connectivity index (χ0n) is 8.41. The Morgan fingerprint density at radius 2 is 2.53 bits per heavy atom. The monoisotopic (exact) mass is 290 g/mol. The molecule has 3 N–H and O–H groups in total. The fraction of sp³-hybridized carbons (Fsp3) is 0.600. The maximum absolute atomic E-state index is 5.64. The number of hydrazine groups is 1. The van der Waals surface area contributed by atoms with Crippen LogP contribution in [0.3, 0.4) is 0 Å². The smallest absolute Gasteiger partial charge is 0.0614 e. The van der Waals surface area contributed by atoms with Gasteiger partial charge in [0.25, 0.3) is 0 Å². The summed E-state index contributed by atoms with van der Waals surface area (Å²) < 4.78 is 6.64. The molecular formula is C10H15BrN2OS. The van der Waals surface area contributed by atoms with Crippen LogP contribution in [0.5, 0.6) is 0 Å². The van der Waals surface area contributed by atoms with E-state index in [2.05, 4.69) is 32.8 Å². The van der Waals surface area contributed by atoms with Crippen molar-refractivity contribution in [3.8, 4) is 0 Å². The first-order valence-corrected chi connectivity index (χ1v) is 6.77. The van der Waals surface area contributed by atoms with E-state index in [0.717, 1.165) is 24.1 Å². The second-order valence-electron chi connectivity index (χ2n) is 3.75. The van der Waals surface area contributed by atoms with Crippen LogP contribution >= 0.6 is 27.3 Å². The molecular weight excluding hydrogens is 276 g/mol. The molecule has 1 aliphatic rings. The molecule has 84 valence electrons. The lowest BCUT2D eigenvalue weighted by atomic mass is 9.93. The minimum atomic E-state index is 0.208. The van der Waals surface area contributed by atoms with Gasteiger partial charge in [-0.1, -0.05) is 0 Å². The van der Waals surface area contributed by atoms with Gasteiger partial charge >= 0.3 is 0 Å². The molecule has 0 bridgehead atoms. The molecule has 1 aliphatic heterocycles. The zero-order valence-corrected chi connectivity index (χ0v) is 10.8. The van der Waals surface area contributed by atoms with Gasteiger partial charge in [-0.25, -0.2) is 0 Å². The number of nitrogens with one attached hydrogen (secondary N) is 1. The lowest BCUT2D eigenvalue weighted by Crippen LogP contribution is -2.36. The van der Waals surface area contributed by atoms with Crippen molar-refractivity contribution < 1.29 is 4.74 Å². The van der Waals surface area contributed by atoms with Gasteiger partial charge < -0.3 is 4.74 Å². The van der Waals surface area contributed by atoms with Crippen molar-refractivity contribution in [2.75, 3.05) is 13.2 Å². The van der Waals surface area contributed by atoms with Crippen molar-refractivity contribution in [3.63, 3.8) is 0 Å². The second kappa shape index (κ2) is 5.41. The van der Waals surface area contributed by atoms with Crippen LogP contribution in [-0.2, 0) is 4.74 Å². The average molecular weight is 291 g/mol. The van der Waals surface area contributed by atoms with Crippen LogP contribution in [0.1, 0.15) is 23.8 Å². The maximum Gasteiger partial charge on any atom is 0.0614 e. The molecule has 5 heteroatoms. The summed E-state index contributed by atoms with van der Waals surface area (Å²) >= 11 is 5.28. The summed E-state index contributed by atoms with van der Waals surface area (Å²) in [7, 11) is 0. The van der Waals surface area contributed by atoms with Crippen LogP contribution in [0.2, 0.25) is 0 Å². The van der Waals surface area contributed by atoms with E-state index >= 15 is 0 Å². The van der Waals surface area contributed by atoms with Gasteiger partial charge in [0.1, 0.15) is 0 Å². The summed E-state index contributed by atoms with van der Waals surface area (Å²) in [5, 5.41) is 2.08. The first-order valence-electron chi connectivity index (χ1n) is 5.09. The van der Waals surface area contributed by atoms with Crippen molar-refractivity contribution >= 4 is 27.3 Å². The van der Waals surface area contributed by atoms with Gasteiger partial charge in [-0.05, 0) is 40.2 Å². The second-order valence-corrected chi connectivity index (χ2v) is 5.56. The lowest BCUT2D eigenvalue weighted by Gasteiger charge is -2.29. The predicted octanol–water partition coefficient (Wildman–Crippen LogP) is 2.44. The third-order valence-electron chi connectivity index (χ3n) is 2.77. The third kappa shape index (κ3) is 2.60. The summed E-state index contributed by atoms with van der Waals surface area (Å²) in [4.78, 5) is 1.27. The molecule has 2 heterocycles. The zero-order chi connectivity index (χ0) is 10.7. The van der Waals surface area contributed by atoms with Gasteiger partial charge in [-0.3, -0.25) is 11.3 Å². The molecule has 15 heavy (non-hydrogen) atoms. The molecule has 2 atom stereocenters. The molecule has 2 rings (SSSR count). The standard InChI is InChI=1S/C10H15BrN2OS/c11-8-3-5-15-10(8)9(13-12)7-2-1-4-14-6-7/h3,5,7,9,13H,1-2,4,6,12H2. The van der Waals surface area contributed by atoms with E-state index in [9.17, 15) is 0 Å². The summed E-state index contributed by atoms with van der Waals surface area (Å²) in [6.45, 7) is 1.69. The van der Waals surface area contributed by atoms with Gasteiger partial charge in [0.2, 0.25) is 0 Å². The van der Waals surface area contributed by atoms with Gasteiger partial charge in [0.05, 0.1) is 12.6 Å². The Bertz CT molecular complexity index is 312. The van der Waals surface area contributed by atoms with Crippen molar-refractivity contribution in [1.82, 2.24) is 5.43 Å². The summed E-state index contributed by atoms with van der Waals surface area (Å²) in [5.74, 6) is 6.13. The minimum absolute atomic E-state index is 0.208. The van der Waals surface area contributed by atoms with E-state index in [-0.39, 0.29) is 6.04 Å². The molecule has 0 amide bonds. The van der Waals surface area contributed by atoms with E-state index < -0.39 is 0 Å². The van der Waals surface area contributed by atoms with Crippen LogP contribution in [0.15, 0.2) is 15.9 Å². The topological polar surface area (TPSA) is 47.3 Å². The first kappa shape index (κ1) is 11.5. The van der Waals surface area contributed by atoms with E-state index in [1.54, 1.807) is 11.3 Å². The van der Waals surface area contributed by atoms with E-state index in [1.165, 1.54) is 11.3 Å². The van der Waals surface area contributed by atoms with Crippen LogP contribution in [0, 0.1) is 5.92 Å². The fourth-order valence-electron chi connectivity index (χ4n) is 1.98. The lowest BCUT2D eigenvalue weighted by molar-refractivity contribution is 0.0394. The third-order valence-corrected chi connectivity index (χ3v) is 4.73. The quantitative estimate of drug-likeness (QED) is 0.664. The summed E-state index contributed by atoms with van der Waals surface area (Å²) in [6.07, 6.45) is 2.31. The maximum atomic E-state index is 5.64. The number of hydrogen-bond donors (Lipinski definition) is 2. The highest BCUT2D eigenvalue weighted by molar-refractivity contribution is 9.10. The number of rotatable bonds is 3. The minimum Gasteiger partial charge on any atom is -0.381 e. The highest BCUT2D eigenvalue weighted by Gasteiger charge is 2.26. The Hall–Kier alpha value is 0.0600. The van der Waals surface area contributed by atoms with Crippen LogP contribution < -0.4 is 11.3 Å². The van der Waals surface area contributed by atoms with Gasteiger partial charge in [0.15, 0.2) is 0 Å². The van der Waals surface area contributed by atoms with Crippen LogP contribution in [-0.4, -0.2) is 13.2 Å². The van der Waals surface area contributed by atoms with Crippen molar-refractivity contribution in [3.05, 3.63) is 20.8 Å². The first-order chi connectivity index (χ1) is 7.33. The van der Waals surface area contributed by atoms with E-state index in [4.69, 9.17) is 10.6 Å². The molecule has 2 unspecified atom stereocenters. The molecule has 0 spiro atoms. The normalized spacial score (nSPS) is 24.0. The molecule has 1 fully saturated rings. The van der Waals surface area contributed by atoms with Gasteiger partial charge in [-0.2, -0.15) is 0 Å². The van der Waals surface area contributed by atoms with Gasteiger partial charge in [0, 0.05) is 21.9 Å². The highest BCUT2D eigenvalue weighted by atomic mass is 79.9. The Labute approximate surface area is 102 Å². The molecule has 1 saturated heterocycles. The molecule has 0 aliphatic carbocycles. The SMILES string of the molecule is NNC(c1sccc1Br)C1CCCOC1. The Kier molecular flexibility index (Phi) is 4.16. The summed E-state index contributed by atoms with van der Waals surface area (Å²) in [6, 6.07) is 2.27. The fourth-order valence-corrected chi connectivity index (χ4v) is 3.75. The number of ether oxygens (including phenoxy) is 1. The molecule has 1 aromatic rings. The Morgan fingerprint density at radius 1 is 1.67 bits per heavy atom. The molecule has 0 radical (unpaired) electrons. The number of thiophene rings is 1. The van der Waals surface area contributed by atoms with Crippen LogP contribution in [0.4, 0.5) is 0 Å². The van der Waals surface area contributed by atoms with Crippen molar-refractivity contribution in [1.29, 1.82) is 0 Å². The molecule has 3 nitrogen and oxygen atoms in total. The molecule has 1 aromatic heterocycles. The number of nitrogens with two attached hydrogens (primary N) is 1. The average Bonchev–Trinajstić information content (AvgIpc) is 2.68. The highest BCUT2D eigenvalue weighted by Crippen LogP contribution is 2.35. The Morgan fingerprint density at radius 3 is 3.07 bits per heavy atom. The molecule has 0 saturated carbocycles. The van der Waals surface area contributed by atoms with Crippen molar-refractivity contribution in [2.45, 2.75) is 18.9 Å². The number of halogens is 1. The molecule has 0 aromatic carbocycles. The van der Waals surface area contributed by atoms with E-state index in [0.29, 0.717) is 5.92 Å². The van der Waals surface area contributed by atoms with E-state index in [1.807, 2.05) is 0 Å². The Balaban J connectivity index is 2.12. The summed E-state index contributed by atoms with van der Waals surface area (Å²) in [5.41, 5.74) is 2.92. The van der Waals surface area contributed by atoms with Crippen molar-refractivity contribution in [2.24, 2.45) is 11.8 Å². The number of hydrogen-bond acceptors (Lipinski definition) is 4. The van der Waals surface area contributed by atoms with Gasteiger partial charge in [-0.15, -0.1) is 11.3 Å². The largest absolute Gasteiger partial charge is 0.381 e. The van der Waals surface area contributed by atoms with Crippen LogP contribution in [0.25, 0.3) is 0 Å². The predicted molar refractivity (Wildman–Crippen MR) is 65.6 cm³/mol.